The summed E-state index contributed by atoms with van der Waals surface area (Å²) < 4.78 is 1.31. The van der Waals surface area contributed by atoms with Crippen LogP contribution in [0.4, 0.5) is 0 Å². The van der Waals surface area contributed by atoms with Gasteiger partial charge in [0, 0.05) is 22.7 Å². The molecule has 0 amide bonds. The standard InChI is InChI=1S/C15H15N5OS/c1-3-10-5-4-6-12-11(7-16-13(10)12)8-17-20-14(21)9(2)18-19-15(20)22/h4-8,16H,3H2,1-2H3,(H,19,22)/b17-8+. The van der Waals surface area contributed by atoms with E-state index in [2.05, 4.69) is 33.3 Å². The van der Waals surface area contributed by atoms with Gasteiger partial charge in [0.2, 0.25) is 4.77 Å². The molecular weight excluding hydrogens is 298 g/mol. The first-order valence-corrected chi connectivity index (χ1v) is 7.34. The van der Waals surface area contributed by atoms with E-state index in [4.69, 9.17) is 12.2 Å². The number of aryl methyl sites for hydroxylation is 2. The molecule has 0 bridgehead atoms. The van der Waals surface area contributed by atoms with Gasteiger partial charge in [0.15, 0.2) is 0 Å². The van der Waals surface area contributed by atoms with Gasteiger partial charge in [0.05, 0.1) is 6.21 Å². The highest BCUT2D eigenvalue weighted by Crippen LogP contribution is 2.20. The van der Waals surface area contributed by atoms with E-state index in [1.54, 1.807) is 13.1 Å². The van der Waals surface area contributed by atoms with Crippen LogP contribution in [0.2, 0.25) is 0 Å². The number of aromatic nitrogens is 4. The molecule has 0 aliphatic carbocycles. The maximum atomic E-state index is 12.0. The van der Waals surface area contributed by atoms with Crippen LogP contribution in [0, 0.1) is 11.7 Å². The summed E-state index contributed by atoms with van der Waals surface area (Å²) in [6.45, 7) is 3.72. The zero-order valence-corrected chi connectivity index (χ0v) is 13.1. The minimum absolute atomic E-state index is 0.168. The Labute approximate surface area is 131 Å². The molecular formula is C15H15N5OS. The lowest BCUT2D eigenvalue weighted by Crippen LogP contribution is -2.22. The van der Waals surface area contributed by atoms with Crippen LogP contribution < -0.4 is 5.56 Å². The van der Waals surface area contributed by atoms with Gasteiger partial charge < -0.3 is 4.98 Å². The van der Waals surface area contributed by atoms with Crippen molar-refractivity contribution in [3.8, 4) is 0 Å². The number of hydrogen-bond acceptors (Lipinski definition) is 4. The minimum Gasteiger partial charge on any atom is -0.360 e. The SMILES string of the molecule is CCc1cccc2c(/C=N/n3c(=S)[nH]nc(C)c3=O)c[nH]c12. The fourth-order valence-electron chi connectivity index (χ4n) is 2.34. The summed E-state index contributed by atoms with van der Waals surface area (Å²) >= 11 is 5.05. The highest BCUT2D eigenvalue weighted by Gasteiger charge is 2.05. The second-order valence-electron chi connectivity index (χ2n) is 4.91. The molecule has 2 heterocycles. The first-order chi connectivity index (χ1) is 10.6. The molecule has 0 spiro atoms. The van der Waals surface area contributed by atoms with Crippen molar-refractivity contribution in [1.29, 1.82) is 0 Å². The maximum absolute atomic E-state index is 12.0. The number of nitrogens with one attached hydrogen (secondary N) is 2. The number of H-pyrrole nitrogens is 2. The molecule has 22 heavy (non-hydrogen) atoms. The Kier molecular flexibility index (Phi) is 3.72. The zero-order valence-electron chi connectivity index (χ0n) is 12.3. The number of benzene rings is 1. The predicted molar refractivity (Wildman–Crippen MR) is 89.1 cm³/mol. The lowest BCUT2D eigenvalue weighted by atomic mass is 10.1. The molecule has 3 aromatic rings. The van der Waals surface area contributed by atoms with Crippen LogP contribution >= 0.6 is 12.2 Å². The molecule has 0 unspecified atom stereocenters. The molecule has 2 N–H and O–H groups in total. The van der Waals surface area contributed by atoms with E-state index in [1.807, 2.05) is 18.3 Å². The van der Waals surface area contributed by atoms with E-state index in [-0.39, 0.29) is 10.3 Å². The topological polar surface area (TPSA) is 78.8 Å². The van der Waals surface area contributed by atoms with E-state index in [0.717, 1.165) is 27.6 Å². The van der Waals surface area contributed by atoms with Crippen LogP contribution in [0.25, 0.3) is 10.9 Å². The number of fused-ring (bicyclic) bond motifs is 1. The second-order valence-corrected chi connectivity index (χ2v) is 5.30. The third-order valence-electron chi connectivity index (χ3n) is 3.54. The van der Waals surface area contributed by atoms with Crippen molar-refractivity contribution < 1.29 is 0 Å². The zero-order chi connectivity index (χ0) is 15.7. The van der Waals surface area contributed by atoms with Crippen molar-refractivity contribution in [2.24, 2.45) is 5.10 Å². The highest BCUT2D eigenvalue weighted by molar-refractivity contribution is 7.71. The maximum Gasteiger partial charge on any atom is 0.296 e. The fourth-order valence-corrected chi connectivity index (χ4v) is 2.51. The molecule has 0 aliphatic rings. The molecule has 0 aliphatic heterocycles. The Hall–Kier alpha value is -2.54. The van der Waals surface area contributed by atoms with Crippen molar-refractivity contribution >= 4 is 29.3 Å². The lowest BCUT2D eigenvalue weighted by molar-refractivity contribution is 0.720. The molecule has 0 saturated carbocycles. The smallest absolute Gasteiger partial charge is 0.296 e. The van der Waals surface area contributed by atoms with Crippen molar-refractivity contribution in [3.05, 3.63) is 56.3 Å². The van der Waals surface area contributed by atoms with Gasteiger partial charge in [-0.15, -0.1) is 0 Å². The molecule has 1 aromatic carbocycles. The van der Waals surface area contributed by atoms with Gasteiger partial charge in [0.1, 0.15) is 5.69 Å². The Bertz CT molecular complexity index is 979. The molecule has 3 rings (SSSR count). The van der Waals surface area contributed by atoms with E-state index in [1.165, 1.54) is 5.56 Å². The molecule has 112 valence electrons. The first-order valence-electron chi connectivity index (χ1n) is 6.93. The van der Waals surface area contributed by atoms with Crippen LogP contribution in [0.5, 0.6) is 0 Å². The monoisotopic (exact) mass is 313 g/mol. The largest absolute Gasteiger partial charge is 0.360 e. The predicted octanol–water partition coefficient (Wildman–Crippen LogP) is 2.54. The van der Waals surface area contributed by atoms with Gasteiger partial charge in [0.25, 0.3) is 5.56 Å². The van der Waals surface area contributed by atoms with Gasteiger partial charge >= 0.3 is 0 Å². The summed E-state index contributed by atoms with van der Waals surface area (Å²) in [5.41, 5.74) is 3.23. The highest BCUT2D eigenvalue weighted by atomic mass is 32.1. The number of aromatic amines is 2. The molecule has 0 radical (unpaired) electrons. The number of nitrogens with zero attached hydrogens (tertiary/aromatic N) is 3. The Balaban J connectivity index is 2.10. The second kappa shape index (κ2) is 5.69. The third-order valence-corrected chi connectivity index (χ3v) is 3.80. The van der Waals surface area contributed by atoms with Crippen LogP contribution in [-0.2, 0) is 6.42 Å². The van der Waals surface area contributed by atoms with Crippen molar-refractivity contribution in [2.75, 3.05) is 0 Å². The summed E-state index contributed by atoms with van der Waals surface area (Å²) in [6, 6.07) is 6.13. The van der Waals surface area contributed by atoms with Crippen molar-refractivity contribution in [1.82, 2.24) is 19.9 Å². The van der Waals surface area contributed by atoms with E-state index >= 15 is 0 Å². The van der Waals surface area contributed by atoms with Crippen LogP contribution in [0.15, 0.2) is 34.3 Å². The molecule has 0 fully saturated rings. The molecule has 6 nitrogen and oxygen atoms in total. The Morgan fingerprint density at radius 2 is 2.27 bits per heavy atom. The van der Waals surface area contributed by atoms with Crippen LogP contribution in [0.1, 0.15) is 23.7 Å². The molecule has 2 aromatic heterocycles. The summed E-state index contributed by atoms with van der Waals surface area (Å²) in [4.78, 5) is 15.3. The van der Waals surface area contributed by atoms with Gasteiger partial charge in [-0.2, -0.15) is 14.9 Å². The Morgan fingerprint density at radius 3 is 3.05 bits per heavy atom. The van der Waals surface area contributed by atoms with E-state index in [9.17, 15) is 4.79 Å². The molecule has 0 atom stereocenters. The van der Waals surface area contributed by atoms with Gasteiger partial charge in [-0.1, -0.05) is 25.1 Å². The normalized spacial score (nSPS) is 11.5. The summed E-state index contributed by atoms with van der Waals surface area (Å²) in [5, 5.41) is 11.7. The lowest BCUT2D eigenvalue weighted by Gasteiger charge is -2.00. The molecule has 7 heteroatoms. The number of para-hydroxylation sites is 1. The van der Waals surface area contributed by atoms with Crippen LogP contribution in [-0.4, -0.2) is 26.1 Å². The fraction of sp³-hybridized carbons (Fsp3) is 0.200. The average molecular weight is 313 g/mol. The first kappa shape index (κ1) is 14.4. The third kappa shape index (κ3) is 2.39. The summed E-state index contributed by atoms with van der Waals surface area (Å²) in [5.74, 6) is 0. The Morgan fingerprint density at radius 1 is 1.45 bits per heavy atom. The van der Waals surface area contributed by atoms with Gasteiger partial charge in [-0.3, -0.25) is 9.89 Å². The average Bonchev–Trinajstić information content (AvgIpc) is 2.94. The van der Waals surface area contributed by atoms with Crippen LogP contribution in [0.3, 0.4) is 0 Å². The molecule has 0 saturated heterocycles. The summed E-state index contributed by atoms with van der Waals surface area (Å²) in [7, 11) is 0. The van der Waals surface area contributed by atoms with E-state index < -0.39 is 0 Å². The van der Waals surface area contributed by atoms with Gasteiger partial charge in [-0.25, -0.2) is 0 Å². The number of rotatable bonds is 3. The van der Waals surface area contributed by atoms with E-state index in [0.29, 0.717) is 5.69 Å². The summed E-state index contributed by atoms with van der Waals surface area (Å²) in [6.07, 6.45) is 4.45. The number of hydrogen-bond donors (Lipinski definition) is 2. The van der Waals surface area contributed by atoms with Crippen molar-refractivity contribution in [3.63, 3.8) is 0 Å². The van der Waals surface area contributed by atoms with Gasteiger partial charge in [-0.05, 0) is 31.1 Å². The quantitative estimate of drug-likeness (QED) is 0.576. The minimum atomic E-state index is -0.325. The van der Waals surface area contributed by atoms with Crippen molar-refractivity contribution in [2.45, 2.75) is 20.3 Å².